The highest BCUT2D eigenvalue weighted by Gasteiger charge is 2.34. The number of carbonyl (C=O) groups is 2. The molecule has 4 rings (SSSR count). The van der Waals surface area contributed by atoms with Crippen molar-refractivity contribution in [1.82, 2.24) is 4.90 Å². The van der Waals surface area contributed by atoms with E-state index < -0.39 is 4.92 Å². The highest BCUT2D eigenvalue weighted by atomic mass is 32.2. The highest BCUT2D eigenvalue weighted by Crippen LogP contribution is 2.38. The van der Waals surface area contributed by atoms with E-state index in [-0.39, 0.29) is 23.4 Å². The Morgan fingerprint density at radius 3 is 2.52 bits per heavy atom. The number of aryl methyl sites for hydroxylation is 1. The zero-order valence-corrected chi connectivity index (χ0v) is 23.0. The lowest BCUT2D eigenvalue weighted by Gasteiger charge is -2.17. The minimum atomic E-state index is -0.446. The molecule has 0 unspecified atom stereocenters. The van der Waals surface area contributed by atoms with Crippen molar-refractivity contribution in [3.8, 4) is 11.5 Å². The van der Waals surface area contributed by atoms with E-state index in [0.717, 1.165) is 29.3 Å². The number of rotatable bonds is 13. The van der Waals surface area contributed by atoms with Crippen LogP contribution in [0.15, 0.2) is 84.3 Å². The van der Waals surface area contributed by atoms with Gasteiger partial charge in [-0.3, -0.25) is 24.6 Å². The van der Waals surface area contributed by atoms with Crippen molar-refractivity contribution < 1.29 is 24.0 Å². The number of nitrogens with zero attached hydrogens (tertiary/aromatic N) is 2. The van der Waals surface area contributed by atoms with Crippen LogP contribution in [0.5, 0.6) is 11.5 Å². The number of amides is 2. The quantitative estimate of drug-likeness (QED) is 0.0967. The van der Waals surface area contributed by atoms with Crippen LogP contribution in [0.3, 0.4) is 0 Å². The molecule has 0 saturated carbocycles. The number of carbonyl (C=O) groups excluding carboxylic acids is 2. The summed E-state index contributed by atoms with van der Waals surface area (Å²) in [6, 6.07) is 19.9. The molecule has 40 heavy (non-hydrogen) atoms. The molecule has 3 aromatic rings. The number of benzene rings is 3. The van der Waals surface area contributed by atoms with Crippen LogP contribution in [0, 0.1) is 10.1 Å². The Kier molecular flexibility index (Phi) is 9.75. The van der Waals surface area contributed by atoms with Crippen LogP contribution < -0.4 is 9.47 Å². The average Bonchev–Trinajstić information content (AvgIpc) is 3.21. The molecule has 9 heteroatoms. The summed E-state index contributed by atoms with van der Waals surface area (Å²) >= 11 is 0.928. The van der Waals surface area contributed by atoms with E-state index in [1.807, 2.05) is 43.3 Å². The molecule has 0 aliphatic carbocycles. The van der Waals surface area contributed by atoms with Gasteiger partial charge < -0.3 is 9.47 Å². The molecule has 1 fully saturated rings. The first kappa shape index (κ1) is 28.6. The average molecular weight is 559 g/mol. The molecule has 1 aliphatic rings. The summed E-state index contributed by atoms with van der Waals surface area (Å²) in [7, 11) is 0. The van der Waals surface area contributed by atoms with Crippen molar-refractivity contribution in [1.29, 1.82) is 0 Å². The van der Waals surface area contributed by atoms with E-state index in [0.29, 0.717) is 53.5 Å². The Hall–Kier alpha value is -4.37. The van der Waals surface area contributed by atoms with Crippen molar-refractivity contribution in [2.45, 2.75) is 32.8 Å². The molecule has 2 amide bonds. The second kappa shape index (κ2) is 13.6. The lowest BCUT2D eigenvalue weighted by Crippen LogP contribution is -2.29. The molecular weight excluding hydrogens is 528 g/mol. The van der Waals surface area contributed by atoms with Crippen molar-refractivity contribution >= 4 is 34.7 Å². The Labute approximate surface area is 237 Å². The molecule has 0 bridgehead atoms. The molecule has 0 spiro atoms. The second-order valence-electron chi connectivity index (χ2n) is 9.07. The molecule has 0 atom stereocenters. The molecule has 1 heterocycles. The number of allylic oxidation sites excluding steroid dienone is 1. The molecule has 0 N–H and O–H groups in total. The number of nitro benzene ring substituents is 1. The third-order valence-corrected chi connectivity index (χ3v) is 7.09. The lowest BCUT2D eigenvalue weighted by molar-refractivity contribution is -0.384. The van der Waals surface area contributed by atoms with Gasteiger partial charge in [0.05, 0.1) is 16.4 Å². The van der Waals surface area contributed by atoms with Crippen molar-refractivity contribution in [2.24, 2.45) is 0 Å². The van der Waals surface area contributed by atoms with E-state index in [4.69, 9.17) is 9.47 Å². The van der Waals surface area contributed by atoms with Gasteiger partial charge in [-0.05, 0) is 72.8 Å². The first-order valence-corrected chi connectivity index (χ1v) is 13.8. The van der Waals surface area contributed by atoms with Gasteiger partial charge in [0, 0.05) is 24.2 Å². The minimum Gasteiger partial charge on any atom is -0.490 e. The van der Waals surface area contributed by atoms with Crippen LogP contribution in [0.1, 0.15) is 35.6 Å². The van der Waals surface area contributed by atoms with Crippen LogP contribution >= 0.6 is 11.8 Å². The van der Waals surface area contributed by atoms with E-state index >= 15 is 0 Å². The smallest absolute Gasteiger partial charge is 0.293 e. The maximum absolute atomic E-state index is 13.1. The lowest BCUT2D eigenvalue weighted by atomic mass is 10.0. The van der Waals surface area contributed by atoms with Gasteiger partial charge in [0.2, 0.25) is 0 Å². The van der Waals surface area contributed by atoms with Gasteiger partial charge in [0.1, 0.15) is 6.61 Å². The molecular formula is C31H30N2O6S. The van der Waals surface area contributed by atoms with Gasteiger partial charge in [-0.25, -0.2) is 0 Å². The van der Waals surface area contributed by atoms with Gasteiger partial charge in [0.15, 0.2) is 11.5 Å². The van der Waals surface area contributed by atoms with Gasteiger partial charge >= 0.3 is 0 Å². The Balaban J connectivity index is 1.53. The first-order chi connectivity index (χ1) is 19.4. The summed E-state index contributed by atoms with van der Waals surface area (Å²) in [5, 5.41) is 10.9. The number of hydrogen-bond acceptors (Lipinski definition) is 7. The summed E-state index contributed by atoms with van der Waals surface area (Å²) in [5.74, 6) is 0.664. The second-order valence-corrected chi connectivity index (χ2v) is 10.1. The summed E-state index contributed by atoms with van der Waals surface area (Å²) < 4.78 is 12.0. The van der Waals surface area contributed by atoms with E-state index in [1.54, 1.807) is 30.4 Å². The molecule has 8 nitrogen and oxygen atoms in total. The fraction of sp³-hybridized carbons (Fsp3) is 0.226. The SMILES string of the molecule is C=CCc1cc(/C=C2/SC(=O)N(CCCc3ccccc3)C2=O)cc(OCC)c1OCc1cccc([N+](=O)[O-])c1. The largest absolute Gasteiger partial charge is 0.490 e. The topological polar surface area (TPSA) is 99.0 Å². The number of ether oxygens (including phenoxy) is 2. The molecule has 0 aromatic heterocycles. The molecule has 206 valence electrons. The van der Waals surface area contributed by atoms with Crippen LogP contribution in [0.2, 0.25) is 0 Å². The maximum atomic E-state index is 13.1. The maximum Gasteiger partial charge on any atom is 0.293 e. The van der Waals surface area contributed by atoms with Gasteiger partial charge in [-0.15, -0.1) is 6.58 Å². The van der Waals surface area contributed by atoms with E-state index in [2.05, 4.69) is 6.58 Å². The fourth-order valence-electron chi connectivity index (χ4n) is 4.35. The third-order valence-electron chi connectivity index (χ3n) is 6.18. The molecule has 1 saturated heterocycles. The highest BCUT2D eigenvalue weighted by molar-refractivity contribution is 8.18. The van der Waals surface area contributed by atoms with Crippen LogP contribution in [-0.2, 0) is 24.2 Å². The zero-order chi connectivity index (χ0) is 28.5. The number of nitro groups is 1. The summed E-state index contributed by atoms with van der Waals surface area (Å²) in [6.07, 6.45) is 5.36. The Morgan fingerprint density at radius 1 is 1.02 bits per heavy atom. The summed E-state index contributed by atoms with van der Waals surface area (Å²) in [5.41, 5.74) is 3.27. The third kappa shape index (κ3) is 7.18. The number of imide groups is 1. The predicted octanol–water partition coefficient (Wildman–Crippen LogP) is 6.97. The normalized spacial score (nSPS) is 14.0. The molecule has 0 radical (unpaired) electrons. The number of thioether (sulfide) groups is 1. The van der Waals surface area contributed by atoms with Crippen LogP contribution in [-0.4, -0.2) is 34.1 Å². The number of non-ortho nitro benzene ring substituents is 1. The monoisotopic (exact) mass is 558 g/mol. The van der Waals surface area contributed by atoms with Crippen molar-refractivity contribution in [3.05, 3.63) is 117 Å². The molecule has 3 aromatic carbocycles. The van der Waals surface area contributed by atoms with Crippen molar-refractivity contribution in [3.63, 3.8) is 0 Å². The Morgan fingerprint density at radius 2 is 1.80 bits per heavy atom. The number of hydrogen-bond donors (Lipinski definition) is 0. The minimum absolute atomic E-state index is 0.0122. The standard InChI is InChI=1S/C31H30N2O6S/c1-3-10-25-17-24(19-27(38-4-2)29(25)39-21-23-13-8-15-26(18-23)33(36)37)20-28-30(34)32(31(35)40-28)16-9-14-22-11-6-5-7-12-22/h3,5-8,11-13,15,17-20H,1,4,9-10,14,16,21H2,2H3/b28-20+. The predicted molar refractivity (Wildman–Crippen MR) is 156 cm³/mol. The van der Waals surface area contributed by atoms with Gasteiger partial charge in [-0.2, -0.15) is 0 Å². The first-order valence-electron chi connectivity index (χ1n) is 13.0. The zero-order valence-electron chi connectivity index (χ0n) is 22.2. The van der Waals surface area contributed by atoms with Crippen molar-refractivity contribution in [2.75, 3.05) is 13.2 Å². The fourth-order valence-corrected chi connectivity index (χ4v) is 5.21. The van der Waals surface area contributed by atoms with Gasteiger partial charge in [-0.1, -0.05) is 48.5 Å². The van der Waals surface area contributed by atoms with E-state index in [9.17, 15) is 19.7 Å². The summed E-state index contributed by atoms with van der Waals surface area (Å²) in [4.78, 5) is 38.1. The van der Waals surface area contributed by atoms with E-state index in [1.165, 1.54) is 17.0 Å². The van der Waals surface area contributed by atoms with Gasteiger partial charge in [0.25, 0.3) is 16.8 Å². The van der Waals surface area contributed by atoms with Crippen LogP contribution in [0.4, 0.5) is 10.5 Å². The van der Waals surface area contributed by atoms with Crippen LogP contribution in [0.25, 0.3) is 6.08 Å². The molecule has 1 aliphatic heterocycles. The Bertz CT molecular complexity index is 1440. The summed E-state index contributed by atoms with van der Waals surface area (Å²) in [6.45, 7) is 6.53.